The van der Waals surface area contributed by atoms with Gasteiger partial charge in [0.15, 0.2) is 15.8 Å². The highest BCUT2D eigenvalue weighted by atomic mass is 127. The number of hydrogen-bond acceptors (Lipinski definition) is 3. The maximum absolute atomic E-state index is 11.4. The fraction of sp³-hybridized carbons (Fsp3) is 0.917. The second-order valence-electron chi connectivity index (χ2n) is 4.94. The van der Waals surface area contributed by atoms with E-state index in [2.05, 4.69) is 29.5 Å². The molecule has 19 heavy (non-hydrogen) atoms. The van der Waals surface area contributed by atoms with Crippen molar-refractivity contribution in [3.05, 3.63) is 0 Å². The zero-order valence-electron chi connectivity index (χ0n) is 12.0. The number of guanidine groups is 1. The van der Waals surface area contributed by atoms with Crippen LogP contribution in [0.5, 0.6) is 0 Å². The standard InChI is InChI=1S/C12H25N3O2S.HI/c1-4-10(3)15-12(13-5-2)14-8-11-6-7-18(16,17)9-11;/h10-11H,4-9H2,1-3H3,(H2,13,14,15);1H. The molecule has 5 nitrogen and oxygen atoms in total. The summed E-state index contributed by atoms with van der Waals surface area (Å²) in [7, 11) is -2.79. The molecule has 0 aromatic heterocycles. The minimum atomic E-state index is -2.79. The maximum atomic E-state index is 11.4. The van der Waals surface area contributed by atoms with Crippen molar-refractivity contribution >= 4 is 39.8 Å². The van der Waals surface area contributed by atoms with Crippen LogP contribution in [0.3, 0.4) is 0 Å². The van der Waals surface area contributed by atoms with Crippen molar-refractivity contribution < 1.29 is 8.42 Å². The number of sulfone groups is 1. The van der Waals surface area contributed by atoms with Crippen LogP contribution in [0, 0.1) is 5.92 Å². The smallest absolute Gasteiger partial charge is 0.191 e. The van der Waals surface area contributed by atoms with Gasteiger partial charge in [0, 0.05) is 19.1 Å². The summed E-state index contributed by atoms with van der Waals surface area (Å²) in [6.45, 7) is 7.64. The number of rotatable bonds is 5. The van der Waals surface area contributed by atoms with Crippen LogP contribution in [-0.2, 0) is 9.84 Å². The van der Waals surface area contributed by atoms with Crippen LogP contribution in [0.1, 0.15) is 33.6 Å². The molecule has 1 saturated heterocycles. The first-order chi connectivity index (χ1) is 8.46. The molecule has 1 aliphatic rings. The molecule has 2 atom stereocenters. The van der Waals surface area contributed by atoms with E-state index in [0.29, 0.717) is 24.1 Å². The van der Waals surface area contributed by atoms with Crippen LogP contribution in [0.25, 0.3) is 0 Å². The van der Waals surface area contributed by atoms with Gasteiger partial charge in [-0.2, -0.15) is 0 Å². The normalized spacial score (nSPS) is 23.5. The summed E-state index contributed by atoms with van der Waals surface area (Å²) in [5.74, 6) is 1.58. The summed E-state index contributed by atoms with van der Waals surface area (Å²) in [5, 5.41) is 6.48. The third-order valence-electron chi connectivity index (χ3n) is 3.17. The van der Waals surface area contributed by atoms with Crippen LogP contribution >= 0.6 is 24.0 Å². The van der Waals surface area contributed by atoms with Gasteiger partial charge in [-0.25, -0.2) is 8.42 Å². The van der Waals surface area contributed by atoms with Crippen LogP contribution in [0.15, 0.2) is 4.99 Å². The van der Waals surface area contributed by atoms with Gasteiger partial charge in [0.1, 0.15) is 0 Å². The average molecular weight is 403 g/mol. The number of aliphatic imine (C=N–C) groups is 1. The van der Waals surface area contributed by atoms with Crippen LogP contribution in [0.2, 0.25) is 0 Å². The first kappa shape index (κ1) is 18.9. The van der Waals surface area contributed by atoms with Crippen molar-refractivity contribution in [1.82, 2.24) is 10.6 Å². The van der Waals surface area contributed by atoms with Gasteiger partial charge in [0.25, 0.3) is 0 Å². The van der Waals surface area contributed by atoms with Gasteiger partial charge in [0.2, 0.25) is 0 Å². The van der Waals surface area contributed by atoms with Gasteiger partial charge in [0.05, 0.1) is 11.5 Å². The molecular weight excluding hydrogens is 377 g/mol. The van der Waals surface area contributed by atoms with Crippen molar-refractivity contribution in [1.29, 1.82) is 0 Å². The predicted molar refractivity (Wildman–Crippen MR) is 91.0 cm³/mol. The molecule has 1 aliphatic heterocycles. The second kappa shape index (κ2) is 8.99. The Morgan fingerprint density at radius 3 is 2.58 bits per heavy atom. The summed E-state index contributed by atoms with van der Waals surface area (Å²) in [4.78, 5) is 4.48. The highest BCUT2D eigenvalue weighted by molar-refractivity contribution is 14.0. The molecule has 7 heteroatoms. The highest BCUT2D eigenvalue weighted by Gasteiger charge is 2.27. The third kappa shape index (κ3) is 7.34. The van der Waals surface area contributed by atoms with Crippen molar-refractivity contribution in [3.8, 4) is 0 Å². The summed E-state index contributed by atoms with van der Waals surface area (Å²) in [5.41, 5.74) is 0. The number of nitrogens with zero attached hydrogens (tertiary/aromatic N) is 1. The van der Waals surface area contributed by atoms with E-state index < -0.39 is 9.84 Å². The Hall–Kier alpha value is -0.0500. The molecule has 1 fully saturated rings. The first-order valence-corrected chi connectivity index (χ1v) is 8.54. The van der Waals surface area contributed by atoms with E-state index in [1.54, 1.807) is 0 Å². The molecule has 0 bridgehead atoms. The van der Waals surface area contributed by atoms with E-state index in [-0.39, 0.29) is 29.9 Å². The molecule has 0 aliphatic carbocycles. The second-order valence-corrected chi connectivity index (χ2v) is 7.17. The number of halogens is 1. The maximum Gasteiger partial charge on any atom is 0.191 e. The van der Waals surface area contributed by atoms with E-state index in [1.807, 2.05) is 6.92 Å². The lowest BCUT2D eigenvalue weighted by Gasteiger charge is -2.16. The fourth-order valence-corrected chi connectivity index (χ4v) is 3.74. The lowest BCUT2D eigenvalue weighted by Crippen LogP contribution is -2.42. The Kier molecular flexibility index (Phi) is 8.97. The van der Waals surface area contributed by atoms with Crippen molar-refractivity contribution in [2.24, 2.45) is 10.9 Å². The Balaban J connectivity index is 0.00000324. The molecular formula is C12H26IN3O2S. The van der Waals surface area contributed by atoms with Gasteiger partial charge >= 0.3 is 0 Å². The highest BCUT2D eigenvalue weighted by Crippen LogP contribution is 2.18. The summed E-state index contributed by atoms with van der Waals surface area (Å²) in [6, 6.07) is 0.370. The molecule has 0 radical (unpaired) electrons. The monoisotopic (exact) mass is 403 g/mol. The Bertz CT molecular complexity index is 384. The van der Waals surface area contributed by atoms with Gasteiger partial charge in [-0.3, -0.25) is 4.99 Å². The first-order valence-electron chi connectivity index (χ1n) is 6.72. The lowest BCUT2D eigenvalue weighted by molar-refractivity contribution is 0.584. The zero-order chi connectivity index (χ0) is 13.6. The third-order valence-corrected chi connectivity index (χ3v) is 5.01. The van der Waals surface area contributed by atoms with E-state index in [9.17, 15) is 8.42 Å². The van der Waals surface area contributed by atoms with Gasteiger partial charge in [-0.1, -0.05) is 6.92 Å². The van der Waals surface area contributed by atoms with Gasteiger partial charge in [-0.05, 0) is 32.6 Å². The Morgan fingerprint density at radius 1 is 1.42 bits per heavy atom. The molecule has 0 aromatic rings. The molecule has 0 spiro atoms. The predicted octanol–water partition coefficient (Wildman–Crippen LogP) is 1.39. The van der Waals surface area contributed by atoms with Gasteiger partial charge < -0.3 is 10.6 Å². The van der Waals surface area contributed by atoms with Crippen molar-refractivity contribution in [2.45, 2.75) is 39.7 Å². The zero-order valence-corrected chi connectivity index (χ0v) is 15.1. The number of hydrogen-bond donors (Lipinski definition) is 2. The molecule has 2 N–H and O–H groups in total. The Morgan fingerprint density at radius 2 is 2.11 bits per heavy atom. The quantitative estimate of drug-likeness (QED) is 0.414. The van der Waals surface area contributed by atoms with Crippen LogP contribution in [0.4, 0.5) is 0 Å². The summed E-state index contributed by atoms with van der Waals surface area (Å²) >= 11 is 0. The molecule has 0 amide bonds. The lowest BCUT2D eigenvalue weighted by atomic mass is 10.1. The molecule has 0 aromatic carbocycles. The molecule has 0 saturated carbocycles. The minimum absolute atomic E-state index is 0. The van der Waals surface area contributed by atoms with E-state index in [1.165, 1.54) is 0 Å². The van der Waals surface area contributed by atoms with E-state index >= 15 is 0 Å². The molecule has 2 unspecified atom stereocenters. The molecule has 1 heterocycles. The van der Waals surface area contributed by atoms with Gasteiger partial charge in [-0.15, -0.1) is 24.0 Å². The minimum Gasteiger partial charge on any atom is -0.357 e. The van der Waals surface area contributed by atoms with E-state index in [0.717, 1.165) is 25.3 Å². The van der Waals surface area contributed by atoms with Crippen LogP contribution < -0.4 is 10.6 Å². The largest absolute Gasteiger partial charge is 0.357 e. The summed E-state index contributed by atoms with van der Waals surface area (Å²) in [6.07, 6.45) is 1.77. The van der Waals surface area contributed by atoms with Crippen molar-refractivity contribution in [2.75, 3.05) is 24.6 Å². The molecule has 1 rings (SSSR count). The summed E-state index contributed by atoms with van der Waals surface area (Å²) < 4.78 is 22.7. The van der Waals surface area contributed by atoms with Crippen molar-refractivity contribution in [3.63, 3.8) is 0 Å². The fourth-order valence-electron chi connectivity index (χ4n) is 1.89. The average Bonchev–Trinajstić information content (AvgIpc) is 2.66. The molecule has 114 valence electrons. The number of nitrogens with one attached hydrogen (secondary N) is 2. The Labute approximate surface area is 134 Å². The topological polar surface area (TPSA) is 70.6 Å². The van der Waals surface area contributed by atoms with Crippen LogP contribution in [-0.4, -0.2) is 45.0 Å². The SMILES string of the molecule is CCNC(=NCC1CCS(=O)(=O)C1)NC(C)CC.I. The van der Waals surface area contributed by atoms with E-state index in [4.69, 9.17) is 0 Å².